The van der Waals surface area contributed by atoms with Crippen LogP contribution in [-0.4, -0.2) is 17.0 Å². The third-order valence-corrected chi connectivity index (χ3v) is 4.50. The third kappa shape index (κ3) is 2.71. The van der Waals surface area contributed by atoms with Crippen LogP contribution in [0.4, 0.5) is 5.69 Å². The first-order valence-electron chi connectivity index (χ1n) is 7.49. The van der Waals surface area contributed by atoms with Crippen molar-refractivity contribution in [3.63, 3.8) is 0 Å². The van der Waals surface area contributed by atoms with Crippen LogP contribution in [-0.2, 0) is 4.79 Å². The fourth-order valence-corrected chi connectivity index (χ4v) is 2.89. The van der Waals surface area contributed by atoms with Gasteiger partial charge in [0.2, 0.25) is 11.8 Å². The zero-order valence-electron chi connectivity index (χ0n) is 12.1. The predicted molar refractivity (Wildman–Crippen MR) is 77.6 cm³/mol. The third-order valence-electron chi connectivity index (χ3n) is 4.50. The number of hydrogen-bond acceptors (Lipinski definition) is 4. The fraction of sp³-hybridized carbons (Fsp3) is 0.562. The number of aromatic nitrogens is 1. The lowest BCUT2D eigenvalue weighted by molar-refractivity contribution is -0.119. The molecule has 0 bridgehead atoms. The number of carbonyl (C=O) groups excluding carboxylic acids is 1. The molecule has 5 heteroatoms. The molecule has 1 aromatic heterocycles. The van der Waals surface area contributed by atoms with Gasteiger partial charge in [-0.2, -0.15) is 5.26 Å². The quantitative estimate of drug-likeness (QED) is 0.923. The zero-order valence-corrected chi connectivity index (χ0v) is 12.1. The minimum atomic E-state index is -0.848. The Morgan fingerprint density at radius 2 is 2.19 bits per heavy atom. The second kappa shape index (κ2) is 5.36. The molecule has 2 aliphatic rings. The van der Waals surface area contributed by atoms with Gasteiger partial charge in [-0.05, 0) is 44.1 Å². The molecular formula is C16H19N3O2. The first kappa shape index (κ1) is 13.9. The van der Waals surface area contributed by atoms with E-state index in [-0.39, 0.29) is 17.9 Å². The van der Waals surface area contributed by atoms with Gasteiger partial charge in [-0.25, -0.2) is 4.98 Å². The number of pyridine rings is 1. The summed E-state index contributed by atoms with van der Waals surface area (Å²) in [5, 5.41) is 11.9. The van der Waals surface area contributed by atoms with Crippen molar-refractivity contribution in [2.24, 2.45) is 11.3 Å². The van der Waals surface area contributed by atoms with Gasteiger partial charge in [-0.15, -0.1) is 0 Å². The van der Waals surface area contributed by atoms with Crippen molar-refractivity contribution >= 4 is 11.6 Å². The van der Waals surface area contributed by atoms with Crippen LogP contribution >= 0.6 is 0 Å². The van der Waals surface area contributed by atoms with Gasteiger partial charge in [-0.3, -0.25) is 4.79 Å². The monoisotopic (exact) mass is 285 g/mol. The Balaban J connectivity index is 1.59. The minimum absolute atomic E-state index is 0.125. The Morgan fingerprint density at radius 3 is 2.71 bits per heavy atom. The number of carbonyl (C=O) groups is 1. The number of hydrogen-bond donors (Lipinski definition) is 1. The van der Waals surface area contributed by atoms with Gasteiger partial charge in [0.15, 0.2) is 0 Å². The Morgan fingerprint density at radius 1 is 1.48 bits per heavy atom. The summed E-state index contributed by atoms with van der Waals surface area (Å²) in [7, 11) is 0. The van der Waals surface area contributed by atoms with Crippen LogP contribution in [0, 0.1) is 22.7 Å². The van der Waals surface area contributed by atoms with Gasteiger partial charge in [-0.1, -0.05) is 6.92 Å². The van der Waals surface area contributed by atoms with Crippen molar-refractivity contribution in [2.45, 2.75) is 45.1 Å². The van der Waals surface area contributed by atoms with E-state index in [1.54, 1.807) is 18.3 Å². The molecule has 1 N–H and O–H groups in total. The van der Waals surface area contributed by atoms with Crippen LogP contribution in [0.15, 0.2) is 18.3 Å². The lowest BCUT2D eigenvalue weighted by atomic mass is 10.1. The first-order valence-corrected chi connectivity index (χ1v) is 7.49. The highest BCUT2D eigenvalue weighted by Gasteiger charge is 2.58. The molecule has 3 rings (SSSR count). The zero-order chi connectivity index (χ0) is 14.9. The number of anilines is 1. The van der Waals surface area contributed by atoms with E-state index >= 15 is 0 Å². The highest BCUT2D eigenvalue weighted by atomic mass is 16.5. The van der Waals surface area contributed by atoms with Crippen LogP contribution < -0.4 is 10.1 Å². The molecule has 2 aliphatic carbocycles. The maximum Gasteiger partial charge on any atom is 0.245 e. The second-order valence-corrected chi connectivity index (χ2v) is 6.05. The Kier molecular flexibility index (Phi) is 3.54. The van der Waals surface area contributed by atoms with Gasteiger partial charge in [0, 0.05) is 6.07 Å². The van der Waals surface area contributed by atoms with Gasteiger partial charge in [0.1, 0.15) is 11.5 Å². The minimum Gasteiger partial charge on any atom is -0.474 e. The molecular weight excluding hydrogens is 266 g/mol. The highest BCUT2D eigenvalue weighted by molar-refractivity contribution is 5.99. The van der Waals surface area contributed by atoms with E-state index in [0.717, 1.165) is 12.8 Å². The fourth-order valence-electron chi connectivity index (χ4n) is 2.89. The van der Waals surface area contributed by atoms with Crippen LogP contribution in [0.25, 0.3) is 0 Å². The lowest BCUT2D eigenvalue weighted by Crippen LogP contribution is -2.24. The van der Waals surface area contributed by atoms with Crippen LogP contribution in [0.1, 0.15) is 39.0 Å². The summed E-state index contributed by atoms with van der Waals surface area (Å²) in [6.07, 6.45) is 7.09. The SMILES string of the molecule is C[C@H]1C[C@@]1(C#N)C(=O)Nc1ccc(OC2CCCC2)nc1. The van der Waals surface area contributed by atoms with Gasteiger partial charge >= 0.3 is 0 Å². The Hall–Kier alpha value is -2.09. The Bertz CT molecular complexity index is 572. The summed E-state index contributed by atoms with van der Waals surface area (Å²) in [6, 6.07) is 5.66. The van der Waals surface area contributed by atoms with E-state index in [1.165, 1.54) is 12.8 Å². The van der Waals surface area contributed by atoms with Crippen LogP contribution in [0.3, 0.4) is 0 Å². The van der Waals surface area contributed by atoms with Crippen molar-refractivity contribution in [3.8, 4) is 11.9 Å². The largest absolute Gasteiger partial charge is 0.474 e. The maximum absolute atomic E-state index is 12.1. The second-order valence-electron chi connectivity index (χ2n) is 6.05. The number of amides is 1. The summed E-state index contributed by atoms with van der Waals surface area (Å²) in [5.41, 5.74) is -0.244. The standard InChI is InChI=1S/C16H19N3O2/c1-11-8-16(11,10-17)15(20)19-12-6-7-14(18-9-12)21-13-4-2-3-5-13/h6-7,9,11,13H,2-5,8H2,1H3,(H,19,20)/t11-,16-/m0/s1. The molecule has 2 fully saturated rings. The van der Waals surface area contributed by atoms with E-state index in [1.807, 2.05) is 6.92 Å². The molecule has 1 aromatic rings. The molecule has 0 aliphatic heterocycles. The molecule has 1 amide bonds. The summed E-state index contributed by atoms with van der Waals surface area (Å²) in [5.74, 6) is 0.485. The number of nitriles is 1. The molecule has 0 aromatic carbocycles. The molecule has 0 radical (unpaired) electrons. The van der Waals surface area contributed by atoms with E-state index in [0.29, 0.717) is 18.0 Å². The summed E-state index contributed by atoms with van der Waals surface area (Å²) >= 11 is 0. The molecule has 0 spiro atoms. The van der Waals surface area contributed by atoms with Crippen molar-refractivity contribution in [1.29, 1.82) is 5.26 Å². The van der Waals surface area contributed by atoms with Crippen molar-refractivity contribution in [2.75, 3.05) is 5.32 Å². The van der Waals surface area contributed by atoms with E-state index in [2.05, 4.69) is 16.4 Å². The van der Waals surface area contributed by atoms with Gasteiger partial charge in [0.05, 0.1) is 18.0 Å². The number of nitrogens with zero attached hydrogens (tertiary/aromatic N) is 2. The van der Waals surface area contributed by atoms with E-state index in [4.69, 9.17) is 10.00 Å². The summed E-state index contributed by atoms with van der Waals surface area (Å²) in [6.45, 7) is 1.92. The molecule has 21 heavy (non-hydrogen) atoms. The average molecular weight is 285 g/mol. The Labute approximate surface area is 124 Å². The van der Waals surface area contributed by atoms with Gasteiger partial charge in [0.25, 0.3) is 0 Å². The van der Waals surface area contributed by atoms with Crippen molar-refractivity contribution in [1.82, 2.24) is 4.98 Å². The maximum atomic E-state index is 12.1. The topological polar surface area (TPSA) is 75.0 Å². The van der Waals surface area contributed by atoms with Crippen molar-refractivity contribution in [3.05, 3.63) is 18.3 Å². The highest BCUT2D eigenvalue weighted by Crippen LogP contribution is 2.52. The summed E-state index contributed by atoms with van der Waals surface area (Å²) < 4.78 is 5.78. The van der Waals surface area contributed by atoms with Gasteiger partial charge < -0.3 is 10.1 Å². The molecule has 110 valence electrons. The number of nitrogens with one attached hydrogen (secondary N) is 1. The molecule has 5 nitrogen and oxygen atoms in total. The summed E-state index contributed by atoms with van der Waals surface area (Å²) in [4.78, 5) is 16.3. The van der Waals surface area contributed by atoms with E-state index in [9.17, 15) is 4.79 Å². The number of rotatable bonds is 4. The molecule has 0 saturated heterocycles. The normalized spacial score (nSPS) is 27.9. The molecule has 0 unspecified atom stereocenters. The molecule has 1 heterocycles. The number of ether oxygens (including phenoxy) is 1. The van der Waals surface area contributed by atoms with Crippen LogP contribution in [0.5, 0.6) is 5.88 Å². The van der Waals surface area contributed by atoms with E-state index < -0.39 is 5.41 Å². The molecule has 2 atom stereocenters. The first-order chi connectivity index (χ1) is 10.1. The van der Waals surface area contributed by atoms with Crippen LogP contribution in [0.2, 0.25) is 0 Å². The molecule has 2 saturated carbocycles. The van der Waals surface area contributed by atoms with Crippen molar-refractivity contribution < 1.29 is 9.53 Å². The average Bonchev–Trinajstić information content (AvgIpc) is 2.91. The lowest BCUT2D eigenvalue weighted by Gasteiger charge is -2.13. The smallest absolute Gasteiger partial charge is 0.245 e. The predicted octanol–water partition coefficient (Wildman–Crippen LogP) is 2.89.